The van der Waals surface area contributed by atoms with E-state index in [2.05, 4.69) is 36.5 Å². The maximum absolute atomic E-state index is 11.2. The number of azo groups is 1. The predicted octanol–water partition coefficient (Wildman–Crippen LogP) is -0.171. The van der Waals surface area contributed by atoms with Crippen LogP contribution in [0.1, 0.15) is 0 Å². The zero-order valence-corrected chi connectivity index (χ0v) is 7.37. The Hall–Kier alpha value is -1.24. The summed E-state index contributed by atoms with van der Waals surface area (Å²) in [6, 6.07) is 0. The number of fused-ring (bicyclic) bond motifs is 1. The Bertz CT molecular complexity index is 344. The molecule has 0 fully saturated rings. The number of rotatable bonds is 0. The maximum Gasteiger partial charge on any atom is 0.260 e. The molecule has 62 valence electrons. The molecule has 2 aliphatic rings. The van der Waals surface area contributed by atoms with E-state index in [0.717, 1.165) is 0 Å². The molecule has 0 bridgehead atoms. The van der Waals surface area contributed by atoms with Gasteiger partial charge >= 0.3 is 0 Å². The Morgan fingerprint density at radius 1 is 1.58 bits per heavy atom. The first-order chi connectivity index (χ1) is 5.68. The number of hydrogen-bond donors (Lipinski definition) is 2. The normalized spacial score (nSPS) is 26.9. The number of amides is 1. The highest BCUT2D eigenvalue weighted by Gasteiger charge is 2.32. The van der Waals surface area contributed by atoms with E-state index in [-0.39, 0.29) is 11.9 Å². The Balaban J connectivity index is 2.48. The van der Waals surface area contributed by atoms with Gasteiger partial charge in [0.15, 0.2) is 12.1 Å². The summed E-state index contributed by atoms with van der Waals surface area (Å²) in [6.45, 7) is 0. The third kappa shape index (κ3) is 0.934. The standard InChI is InChI=1S/C5H4BrN5O/c6-2-1-3(11-10-2)8-5(7)9-4(1)12/h3H,(H3,7,8,9,12). The van der Waals surface area contributed by atoms with Gasteiger partial charge in [0, 0.05) is 0 Å². The molecule has 1 unspecified atom stereocenters. The zero-order valence-electron chi connectivity index (χ0n) is 5.78. The molecule has 0 aliphatic carbocycles. The maximum atomic E-state index is 11.2. The van der Waals surface area contributed by atoms with Gasteiger partial charge in [0.05, 0.1) is 0 Å². The van der Waals surface area contributed by atoms with Crippen LogP contribution in [0.25, 0.3) is 0 Å². The average Bonchev–Trinajstić information content (AvgIpc) is 2.31. The summed E-state index contributed by atoms with van der Waals surface area (Å²) < 4.78 is 0.418. The topological polar surface area (TPSA) is 92.2 Å². The summed E-state index contributed by atoms with van der Waals surface area (Å²) in [5, 5.41) is 9.74. The summed E-state index contributed by atoms with van der Waals surface area (Å²) in [6.07, 6.45) is -0.562. The highest BCUT2D eigenvalue weighted by Crippen LogP contribution is 2.28. The van der Waals surface area contributed by atoms with Crippen LogP contribution in [0.2, 0.25) is 0 Å². The fourth-order valence-electron chi connectivity index (χ4n) is 0.972. The molecule has 2 aliphatic heterocycles. The van der Waals surface area contributed by atoms with Gasteiger partial charge in [-0.05, 0) is 15.9 Å². The molecular weight excluding hydrogens is 226 g/mol. The molecule has 0 radical (unpaired) electrons. The van der Waals surface area contributed by atoms with E-state index in [9.17, 15) is 4.79 Å². The molecule has 0 aromatic heterocycles. The van der Waals surface area contributed by atoms with Gasteiger partial charge in [-0.2, -0.15) is 5.11 Å². The van der Waals surface area contributed by atoms with Crippen LogP contribution in [0.3, 0.4) is 0 Å². The van der Waals surface area contributed by atoms with Crippen molar-refractivity contribution >= 4 is 27.8 Å². The number of halogens is 1. The molecule has 0 aromatic carbocycles. The van der Waals surface area contributed by atoms with Crippen molar-refractivity contribution in [2.45, 2.75) is 6.17 Å². The molecule has 12 heavy (non-hydrogen) atoms. The Labute approximate surface area is 75.8 Å². The van der Waals surface area contributed by atoms with Crippen molar-refractivity contribution in [2.75, 3.05) is 0 Å². The van der Waals surface area contributed by atoms with Crippen molar-refractivity contribution in [3.63, 3.8) is 0 Å². The van der Waals surface area contributed by atoms with Crippen LogP contribution in [-0.2, 0) is 4.79 Å². The second kappa shape index (κ2) is 2.37. The number of nitrogens with two attached hydrogens (primary N) is 1. The molecule has 1 amide bonds. The number of hydrogen-bond acceptors (Lipinski definition) is 5. The van der Waals surface area contributed by atoms with E-state index in [0.29, 0.717) is 10.2 Å². The lowest BCUT2D eigenvalue weighted by atomic mass is 10.2. The number of nitrogens with zero attached hydrogens (tertiary/aromatic N) is 3. The summed E-state index contributed by atoms with van der Waals surface area (Å²) in [5.74, 6) is -0.223. The number of aliphatic imine (C=N–C) groups is 1. The third-order valence-corrected chi connectivity index (χ3v) is 2.07. The third-order valence-electron chi connectivity index (χ3n) is 1.48. The van der Waals surface area contributed by atoms with Crippen LogP contribution in [-0.4, -0.2) is 18.0 Å². The SMILES string of the molecule is NC1=NC2N=NC(Br)=C2C(=O)N1. The van der Waals surface area contributed by atoms with Crippen LogP contribution in [0.15, 0.2) is 25.4 Å². The monoisotopic (exact) mass is 229 g/mol. The van der Waals surface area contributed by atoms with E-state index in [1.807, 2.05) is 0 Å². The minimum atomic E-state index is -0.562. The number of carbonyl (C=O) groups is 1. The number of carbonyl (C=O) groups excluding carboxylic acids is 1. The van der Waals surface area contributed by atoms with E-state index in [1.165, 1.54) is 0 Å². The first-order valence-electron chi connectivity index (χ1n) is 3.13. The minimum absolute atomic E-state index is 0.0786. The van der Waals surface area contributed by atoms with Crippen molar-refractivity contribution in [2.24, 2.45) is 21.0 Å². The van der Waals surface area contributed by atoms with Crippen LogP contribution in [0.4, 0.5) is 0 Å². The smallest absolute Gasteiger partial charge is 0.260 e. The largest absolute Gasteiger partial charge is 0.370 e. The van der Waals surface area contributed by atoms with Crippen molar-refractivity contribution in [3.05, 3.63) is 10.2 Å². The van der Waals surface area contributed by atoms with E-state index in [4.69, 9.17) is 5.73 Å². The fraction of sp³-hybridized carbons (Fsp3) is 0.200. The summed E-state index contributed by atoms with van der Waals surface area (Å²) in [4.78, 5) is 15.1. The molecule has 6 nitrogen and oxygen atoms in total. The van der Waals surface area contributed by atoms with Gasteiger partial charge in [0.2, 0.25) is 0 Å². The van der Waals surface area contributed by atoms with Crippen LogP contribution in [0, 0.1) is 0 Å². The summed E-state index contributed by atoms with van der Waals surface area (Å²) in [5.41, 5.74) is 5.71. The highest BCUT2D eigenvalue weighted by atomic mass is 79.9. The van der Waals surface area contributed by atoms with E-state index < -0.39 is 6.17 Å². The second-order valence-corrected chi connectivity index (χ2v) is 3.01. The van der Waals surface area contributed by atoms with Crippen molar-refractivity contribution in [3.8, 4) is 0 Å². The zero-order chi connectivity index (χ0) is 8.72. The quantitative estimate of drug-likeness (QED) is 0.565. The van der Waals surface area contributed by atoms with Gasteiger partial charge in [-0.25, -0.2) is 4.99 Å². The second-order valence-electron chi connectivity index (χ2n) is 2.26. The molecule has 0 aromatic rings. The van der Waals surface area contributed by atoms with Crippen LogP contribution >= 0.6 is 15.9 Å². The predicted molar refractivity (Wildman–Crippen MR) is 44.4 cm³/mol. The van der Waals surface area contributed by atoms with E-state index >= 15 is 0 Å². The minimum Gasteiger partial charge on any atom is -0.370 e. The molecule has 2 rings (SSSR count). The first-order valence-corrected chi connectivity index (χ1v) is 3.93. The Kier molecular flexibility index (Phi) is 1.47. The van der Waals surface area contributed by atoms with Gasteiger partial charge in [-0.15, -0.1) is 5.11 Å². The van der Waals surface area contributed by atoms with Crippen LogP contribution in [0.5, 0.6) is 0 Å². The molecule has 1 atom stereocenters. The molecule has 0 spiro atoms. The van der Waals surface area contributed by atoms with Crippen molar-refractivity contribution in [1.82, 2.24) is 5.32 Å². The summed E-state index contributed by atoms with van der Waals surface area (Å²) >= 11 is 3.09. The average molecular weight is 230 g/mol. The van der Waals surface area contributed by atoms with E-state index in [1.54, 1.807) is 0 Å². The lowest BCUT2D eigenvalue weighted by Gasteiger charge is -2.14. The Morgan fingerprint density at radius 2 is 2.33 bits per heavy atom. The fourth-order valence-corrected chi connectivity index (χ4v) is 1.45. The number of nitrogens with one attached hydrogen (secondary N) is 1. The van der Waals surface area contributed by atoms with Crippen molar-refractivity contribution in [1.29, 1.82) is 0 Å². The lowest BCUT2D eigenvalue weighted by molar-refractivity contribution is -0.116. The van der Waals surface area contributed by atoms with Crippen LogP contribution < -0.4 is 11.1 Å². The Morgan fingerprint density at radius 3 is 3.08 bits per heavy atom. The lowest BCUT2D eigenvalue weighted by Crippen LogP contribution is -2.44. The number of guanidine groups is 1. The van der Waals surface area contributed by atoms with Gasteiger partial charge in [0.25, 0.3) is 5.91 Å². The molecule has 0 saturated heterocycles. The molecule has 3 N–H and O–H groups in total. The first kappa shape index (κ1) is 7.41. The van der Waals surface area contributed by atoms with Gasteiger partial charge in [-0.3, -0.25) is 10.1 Å². The summed E-state index contributed by atoms with van der Waals surface area (Å²) in [7, 11) is 0. The van der Waals surface area contributed by atoms with Gasteiger partial charge in [-0.1, -0.05) is 0 Å². The van der Waals surface area contributed by atoms with Gasteiger partial charge < -0.3 is 5.73 Å². The highest BCUT2D eigenvalue weighted by molar-refractivity contribution is 9.11. The van der Waals surface area contributed by atoms with Crippen molar-refractivity contribution < 1.29 is 4.79 Å². The molecular formula is C5H4BrN5O. The molecule has 7 heteroatoms. The molecule has 0 saturated carbocycles. The molecule has 2 heterocycles. The van der Waals surface area contributed by atoms with Gasteiger partial charge in [0.1, 0.15) is 10.2 Å².